The summed E-state index contributed by atoms with van der Waals surface area (Å²) in [5.74, 6) is -0.423. The van der Waals surface area contributed by atoms with Gasteiger partial charge in [-0.2, -0.15) is 0 Å². The van der Waals surface area contributed by atoms with Crippen molar-refractivity contribution in [1.29, 1.82) is 0 Å². The van der Waals surface area contributed by atoms with E-state index < -0.39 is 29.5 Å². The van der Waals surface area contributed by atoms with Gasteiger partial charge in [0, 0.05) is 6.42 Å². The molecule has 3 aromatic carbocycles. The second kappa shape index (κ2) is 18.7. The predicted molar refractivity (Wildman–Crippen MR) is 173 cm³/mol. The maximum Gasteiger partial charge on any atom is 0.164 e. The fraction of sp³-hybridized carbons (Fsp3) is 0.500. The van der Waals surface area contributed by atoms with Crippen LogP contribution < -0.4 is 0 Å². The molecule has 228 valence electrons. The zero-order chi connectivity index (χ0) is 30.0. The van der Waals surface area contributed by atoms with E-state index in [1.165, 1.54) is 64.2 Å². The molecule has 0 aromatic heterocycles. The number of carbonyl (C=O) groups is 1. The van der Waals surface area contributed by atoms with Gasteiger partial charge < -0.3 is 15.3 Å². The minimum Gasteiger partial charge on any atom is -0.389 e. The van der Waals surface area contributed by atoms with Crippen LogP contribution in [0.25, 0.3) is 0 Å². The van der Waals surface area contributed by atoms with Crippen molar-refractivity contribution < 1.29 is 20.1 Å². The number of aliphatic hydroxyl groups is 3. The van der Waals surface area contributed by atoms with Gasteiger partial charge in [0.15, 0.2) is 5.78 Å². The van der Waals surface area contributed by atoms with Crippen molar-refractivity contribution in [2.75, 3.05) is 0 Å². The van der Waals surface area contributed by atoms with Crippen LogP contribution in [-0.4, -0.2) is 39.4 Å². The van der Waals surface area contributed by atoms with E-state index in [0.29, 0.717) is 6.42 Å². The third kappa shape index (κ3) is 9.36. The molecule has 0 spiro atoms. The van der Waals surface area contributed by atoms with Gasteiger partial charge in [-0.15, -0.1) is 0 Å². The molecule has 3 rings (SSSR count). The van der Waals surface area contributed by atoms with Crippen molar-refractivity contribution >= 4 is 5.78 Å². The highest BCUT2D eigenvalue weighted by Crippen LogP contribution is 2.43. The van der Waals surface area contributed by atoms with Crippen molar-refractivity contribution in [3.63, 3.8) is 0 Å². The van der Waals surface area contributed by atoms with Crippen LogP contribution in [0.2, 0.25) is 0 Å². The molecule has 0 amide bonds. The number of benzene rings is 3. The SMILES string of the molecule is CCCCCCCCCCCCCCCC(=O)C(O)C(O)C(O)C(c1ccccc1)(c1ccccc1)c1ccccc1. The van der Waals surface area contributed by atoms with Gasteiger partial charge in [-0.3, -0.25) is 4.79 Å². The molecule has 0 aliphatic rings. The largest absolute Gasteiger partial charge is 0.389 e. The lowest BCUT2D eigenvalue weighted by Gasteiger charge is -2.42. The summed E-state index contributed by atoms with van der Waals surface area (Å²) in [7, 11) is 0. The molecular weight excluding hydrogens is 520 g/mol. The fourth-order valence-electron chi connectivity index (χ4n) is 6.20. The van der Waals surface area contributed by atoms with E-state index in [2.05, 4.69) is 6.92 Å². The number of ketones is 1. The normalized spacial score (nSPS) is 13.9. The molecule has 0 bridgehead atoms. The van der Waals surface area contributed by atoms with Gasteiger partial charge >= 0.3 is 0 Å². The lowest BCUT2D eigenvalue weighted by Crippen LogP contribution is -2.54. The van der Waals surface area contributed by atoms with E-state index >= 15 is 0 Å². The first-order valence-corrected chi connectivity index (χ1v) is 16.3. The van der Waals surface area contributed by atoms with Crippen LogP contribution >= 0.6 is 0 Å². The van der Waals surface area contributed by atoms with Crippen LogP contribution in [0, 0.1) is 0 Å². The lowest BCUT2D eigenvalue weighted by atomic mass is 9.64. The van der Waals surface area contributed by atoms with Crippen LogP contribution in [0.5, 0.6) is 0 Å². The van der Waals surface area contributed by atoms with E-state index in [1.54, 1.807) is 0 Å². The minimum atomic E-state index is -1.67. The first-order valence-electron chi connectivity index (χ1n) is 16.3. The Kier molecular flexibility index (Phi) is 15.0. The smallest absolute Gasteiger partial charge is 0.164 e. The summed E-state index contributed by atoms with van der Waals surface area (Å²) in [4.78, 5) is 13.0. The van der Waals surface area contributed by atoms with E-state index in [1.807, 2.05) is 91.0 Å². The zero-order valence-corrected chi connectivity index (χ0v) is 25.5. The zero-order valence-electron chi connectivity index (χ0n) is 25.5. The molecule has 3 N–H and O–H groups in total. The summed E-state index contributed by atoms with van der Waals surface area (Å²) in [5, 5.41) is 34.3. The lowest BCUT2D eigenvalue weighted by molar-refractivity contribution is -0.140. The summed E-state index contributed by atoms with van der Waals surface area (Å²) >= 11 is 0. The summed E-state index contributed by atoms with van der Waals surface area (Å²) in [5.41, 5.74) is 1.11. The van der Waals surface area contributed by atoms with Gasteiger partial charge in [0.2, 0.25) is 0 Å². The van der Waals surface area contributed by atoms with Crippen molar-refractivity contribution in [1.82, 2.24) is 0 Å². The molecule has 0 fully saturated rings. The summed E-state index contributed by atoms with van der Waals surface area (Å²) < 4.78 is 0. The second-order valence-electron chi connectivity index (χ2n) is 11.7. The molecule has 0 saturated heterocycles. The molecule has 0 radical (unpaired) electrons. The number of carbonyl (C=O) groups excluding carboxylic acids is 1. The molecule has 0 aliphatic carbocycles. The highest BCUT2D eigenvalue weighted by atomic mass is 16.4. The Morgan fingerprint density at radius 1 is 0.548 bits per heavy atom. The molecule has 3 aromatic rings. The first-order chi connectivity index (χ1) is 20.5. The number of aliphatic hydroxyl groups excluding tert-OH is 3. The van der Waals surface area contributed by atoms with Gasteiger partial charge in [0.25, 0.3) is 0 Å². The van der Waals surface area contributed by atoms with Crippen molar-refractivity contribution in [3.05, 3.63) is 108 Å². The number of unbranched alkanes of at least 4 members (excludes halogenated alkanes) is 12. The fourth-order valence-corrected chi connectivity index (χ4v) is 6.20. The Balaban J connectivity index is 1.58. The number of hydrogen-bond donors (Lipinski definition) is 3. The van der Waals surface area contributed by atoms with Gasteiger partial charge in [0.05, 0.1) is 5.41 Å². The third-order valence-corrected chi connectivity index (χ3v) is 8.63. The monoisotopic (exact) mass is 572 g/mol. The second-order valence-corrected chi connectivity index (χ2v) is 11.7. The summed E-state index contributed by atoms with van der Waals surface area (Å²) in [6.45, 7) is 2.25. The molecule has 42 heavy (non-hydrogen) atoms. The predicted octanol–water partition coefficient (Wildman–Crippen LogP) is 8.15. The van der Waals surface area contributed by atoms with Gasteiger partial charge in [0.1, 0.15) is 18.3 Å². The van der Waals surface area contributed by atoms with Gasteiger partial charge in [-0.1, -0.05) is 175 Å². The molecule has 0 aliphatic heterocycles. The quantitative estimate of drug-likeness (QED) is 0.0889. The van der Waals surface area contributed by atoms with Crippen LogP contribution in [0.1, 0.15) is 114 Å². The van der Waals surface area contributed by atoms with Crippen LogP contribution in [0.3, 0.4) is 0 Å². The topological polar surface area (TPSA) is 77.8 Å². The molecular formula is C38H52O4. The van der Waals surface area contributed by atoms with Gasteiger partial charge in [-0.05, 0) is 23.1 Å². The Morgan fingerprint density at radius 3 is 1.24 bits per heavy atom. The Bertz CT molecular complexity index is 1020. The van der Waals surface area contributed by atoms with Crippen LogP contribution in [0.15, 0.2) is 91.0 Å². The third-order valence-electron chi connectivity index (χ3n) is 8.63. The number of hydrogen-bond acceptors (Lipinski definition) is 4. The number of Topliss-reactive ketones (excluding diaryl/α,β-unsaturated/α-hetero) is 1. The van der Waals surface area contributed by atoms with E-state index in [4.69, 9.17) is 0 Å². The van der Waals surface area contributed by atoms with Crippen molar-refractivity contribution in [2.24, 2.45) is 0 Å². The standard InChI is InChI=1S/C38H52O4/c1-2-3-4-5-6-7-8-9-10-11-12-13-23-30-34(39)35(40)36(41)37(42)38(31-24-17-14-18-25-31,32-26-19-15-20-27-32)33-28-21-16-22-29-33/h14-22,24-29,35-37,40-42H,2-13,23,30H2,1H3. The molecule has 4 nitrogen and oxygen atoms in total. The first kappa shape index (κ1) is 33.7. The van der Waals surface area contributed by atoms with Crippen LogP contribution in [0.4, 0.5) is 0 Å². The van der Waals surface area contributed by atoms with Gasteiger partial charge in [-0.25, -0.2) is 0 Å². The highest BCUT2D eigenvalue weighted by molar-refractivity contribution is 5.83. The average Bonchev–Trinajstić information content (AvgIpc) is 3.04. The van der Waals surface area contributed by atoms with E-state index in [9.17, 15) is 20.1 Å². The van der Waals surface area contributed by atoms with Crippen molar-refractivity contribution in [3.8, 4) is 0 Å². The molecule has 4 heteroatoms. The van der Waals surface area contributed by atoms with E-state index in [0.717, 1.165) is 29.5 Å². The Morgan fingerprint density at radius 2 is 0.881 bits per heavy atom. The average molecular weight is 573 g/mol. The number of rotatable bonds is 21. The summed E-state index contributed by atoms with van der Waals surface area (Å²) in [6.07, 6.45) is 11.1. The molecule has 3 atom stereocenters. The minimum absolute atomic E-state index is 0.192. The maximum absolute atomic E-state index is 13.0. The Labute approximate surface area is 253 Å². The van der Waals surface area contributed by atoms with Crippen molar-refractivity contribution in [2.45, 2.75) is 121 Å². The summed E-state index contributed by atoms with van der Waals surface area (Å²) in [6, 6.07) is 28.6. The molecule has 0 saturated carbocycles. The Hall–Kier alpha value is -2.79. The molecule has 0 heterocycles. The van der Waals surface area contributed by atoms with Crippen LogP contribution in [-0.2, 0) is 10.2 Å². The highest BCUT2D eigenvalue weighted by Gasteiger charge is 2.48. The maximum atomic E-state index is 13.0. The molecule has 3 unspecified atom stereocenters. The van der Waals surface area contributed by atoms with E-state index in [-0.39, 0.29) is 6.42 Å².